The van der Waals surface area contributed by atoms with Crippen molar-refractivity contribution in [3.63, 3.8) is 0 Å². The number of phenolic OH excluding ortho intramolecular Hbond substituents is 1. The number of halogens is 2. The highest BCUT2D eigenvalue weighted by Gasteiger charge is 2.39. The minimum Gasteiger partial charge on any atom is -0.505 e. The number of aliphatic hydroxyl groups excluding tert-OH is 1. The number of nitrogens with zero attached hydrogens (tertiary/aromatic N) is 1. The third kappa shape index (κ3) is 5.30. The summed E-state index contributed by atoms with van der Waals surface area (Å²) in [6.45, 7) is 0.974. The third-order valence-corrected chi connectivity index (χ3v) is 5.93. The van der Waals surface area contributed by atoms with E-state index in [2.05, 4.69) is 0 Å². The van der Waals surface area contributed by atoms with Crippen LogP contribution < -0.4 is 4.48 Å². The summed E-state index contributed by atoms with van der Waals surface area (Å²) in [7, 11) is -3.59. The van der Waals surface area contributed by atoms with Crippen LogP contribution in [0.25, 0.3) is 0 Å². The Labute approximate surface area is 168 Å². The molecule has 6 nitrogen and oxygen atoms in total. The Balaban J connectivity index is 1.87. The standard InChI is InChI=1S/C20H23F2NO5S/c1-29(26,27)28-17-7-9-23(10-8-17,16-4-2-3-15(21)12-16)13-20(25)14-5-6-19(24)18(22)11-14/h2-6,11-12,17,20,25H,7-10,13H2,1H3/p+1. The zero-order valence-corrected chi connectivity index (χ0v) is 16.8. The Kier molecular flexibility index (Phi) is 6.23. The minimum atomic E-state index is -3.59. The molecule has 0 saturated carbocycles. The van der Waals surface area contributed by atoms with E-state index >= 15 is 0 Å². The molecule has 29 heavy (non-hydrogen) atoms. The number of quaternary nitrogens is 1. The predicted molar refractivity (Wildman–Crippen MR) is 105 cm³/mol. The summed E-state index contributed by atoms with van der Waals surface area (Å²) in [5.41, 5.74) is 0.935. The molecule has 1 atom stereocenters. The van der Waals surface area contributed by atoms with Crippen molar-refractivity contribution in [1.29, 1.82) is 0 Å². The average molecular weight is 428 g/mol. The van der Waals surface area contributed by atoms with E-state index in [9.17, 15) is 27.4 Å². The SMILES string of the molecule is CS(=O)(=O)OC1CC[N+](CC(O)c2ccc(O)c(F)c2)(c2cccc(F)c2)CC1. The second-order valence-electron chi connectivity index (χ2n) is 7.48. The number of piperidine rings is 1. The van der Waals surface area contributed by atoms with Crippen LogP contribution in [0.3, 0.4) is 0 Å². The number of hydrogen-bond donors (Lipinski definition) is 2. The van der Waals surface area contributed by atoms with Crippen LogP contribution in [0, 0.1) is 11.6 Å². The van der Waals surface area contributed by atoms with E-state index in [0.717, 1.165) is 12.3 Å². The highest BCUT2D eigenvalue weighted by Crippen LogP contribution is 2.34. The zero-order valence-electron chi connectivity index (χ0n) is 16.0. The largest absolute Gasteiger partial charge is 0.505 e. The molecule has 0 aliphatic carbocycles. The van der Waals surface area contributed by atoms with E-state index in [-0.39, 0.29) is 11.0 Å². The van der Waals surface area contributed by atoms with Crippen LogP contribution in [0.15, 0.2) is 42.5 Å². The van der Waals surface area contributed by atoms with Crippen LogP contribution in [0.1, 0.15) is 24.5 Å². The lowest BCUT2D eigenvalue weighted by Crippen LogP contribution is -2.57. The topological polar surface area (TPSA) is 83.8 Å². The van der Waals surface area contributed by atoms with Crippen LogP contribution in [0.4, 0.5) is 14.5 Å². The van der Waals surface area contributed by atoms with Crippen LogP contribution in [-0.2, 0) is 14.3 Å². The zero-order chi connectivity index (χ0) is 21.2. The van der Waals surface area contributed by atoms with Gasteiger partial charge in [0.25, 0.3) is 10.1 Å². The normalized spacial score (nSPS) is 23.7. The molecule has 1 aliphatic heterocycles. The van der Waals surface area contributed by atoms with Gasteiger partial charge in [0.2, 0.25) is 0 Å². The monoisotopic (exact) mass is 428 g/mol. The molecule has 2 N–H and O–H groups in total. The van der Waals surface area contributed by atoms with Gasteiger partial charge in [0.05, 0.1) is 25.4 Å². The van der Waals surface area contributed by atoms with E-state index in [4.69, 9.17) is 4.18 Å². The van der Waals surface area contributed by atoms with Gasteiger partial charge in [-0.1, -0.05) is 12.1 Å². The number of rotatable bonds is 6. The smallest absolute Gasteiger partial charge is 0.264 e. The third-order valence-electron chi connectivity index (χ3n) is 5.30. The molecule has 0 amide bonds. The number of aliphatic hydroxyl groups is 1. The van der Waals surface area contributed by atoms with E-state index < -0.39 is 39.7 Å². The Morgan fingerprint density at radius 3 is 2.45 bits per heavy atom. The van der Waals surface area contributed by atoms with Crippen molar-refractivity contribution in [2.45, 2.75) is 25.0 Å². The molecule has 1 aliphatic rings. The van der Waals surface area contributed by atoms with Crippen molar-refractivity contribution in [2.75, 3.05) is 25.9 Å². The molecule has 2 aromatic carbocycles. The maximum atomic E-state index is 13.9. The molecule has 158 valence electrons. The maximum Gasteiger partial charge on any atom is 0.264 e. The molecular formula is C20H24F2NO5S+. The molecule has 2 aromatic rings. The molecule has 9 heteroatoms. The van der Waals surface area contributed by atoms with Gasteiger partial charge in [0, 0.05) is 18.9 Å². The van der Waals surface area contributed by atoms with Gasteiger partial charge >= 0.3 is 0 Å². The lowest BCUT2D eigenvalue weighted by Gasteiger charge is -2.44. The van der Waals surface area contributed by atoms with Crippen LogP contribution in [-0.4, -0.2) is 50.6 Å². The van der Waals surface area contributed by atoms with Gasteiger partial charge in [-0.3, -0.25) is 8.67 Å². The molecule has 0 spiro atoms. The molecule has 3 rings (SSSR count). The fraction of sp³-hybridized carbons (Fsp3) is 0.400. The molecule has 1 heterocycles. The summed E-state index contributed by atoms with van der Waals surface area (Å²) in [5.74, 6) is -1.76. The van der Waals surface area contributed by atoms with Gasteiger partial charge in [-0.05, 0) is 29.8 Å². The Morgan fingerprint density at radius 2 is 1.86 bits per heavy atom. The fourth-order valence-electron chi connectivity index (χ4n) is 3.87. The Hall–Kier alpha value is -2.07. The van der Waals surface area contributed by atoms with Crippen molar-refractivity contribution in [1.82, 2.24) is 4.48 Å². The first-order valence-electron chi connectivity index (χ1n) is 9.25. The number of benzene rings is 2. The van der Waals surface area contributed by atoms with Crippen LogP contribution >= 0.6 is 0 Å². The molecular weight excluding hydrogens is 404 g/mol. The summed E-state index contributed by atoms with van der Waals surface area (Å²) in [5, 5.41) is 20.1. The molecule has 0 aromatic heterocycles. The summed E-state index contributed by atoms with van der Waals surface area (Å²) >= 11 is 0. The second-order valence-corrected chi connectivity index (χ2v) is 9.08. The first-order chi connectivity index (χ1) is 13.6. The maximum absolute atomic E-state index is 13.9. The van der Waals surface area contributed by atoms with E-state index in [1.54, 1.807) is 12.1 Å². The number of phenols is 1. The van der Waals surface area contributed by atoms with Crippen molar-refractivity contribution in [3.8, 4) is 5.75 Å². The first-order valence-corrected chi connectivity index (χ1v) is 11.1. The summed E-state index contributed by atoms with van der Waals surface area (Å²) in [6.07, 6.45) is 0.258. The van der Waals surface area contributed by atoms with Crippen molar-refractivity contribution >= 4 is 15.8 Å². The Morgan fingerprint density at radius 1 is 1.17 bits per heavy atom. The molecule has 0 radical (unpaired) electrons. The van der Waals surface area contributed by atoms with Crippen molar-refractivity contribution in [3.05, 3.63) is 59.7 Å². The number of likely N-dealkylation sites (tertiary alicyclic amines) is 1. The average Bonchev–Trinajstić information content (AvgIpc) is 2.64. The molecule has 1 fully saturated rings. The summed E-state index contributed by atoms with van der Waals surface area (Å²) in [6, 6.07) is 9.73. The fourth-order valence-corrected chi connectivity index (χ4v) is 4.55. The van der Waals surface area contributed by atoms with Crippen LogP contribution in [0.2, 0.25) is 0 Å². The van der Waals surface area contributed by atoms with Crippen LogP contribution in [0.5, 0.6) is 5.75 Å². The summed E-state index contributed by atoms with van der Waals surface area (Å²) in [4.78, 5) is 0. The van der Waals surface area contributed by atoms with E-state index in [1.807, 2.05) is 0 Å². The highest BCUT2D eigenvalue weighted by molar-refractivity contribution is 7.86. The van der Waals surface area contributed by atoms with Gasteiger partial charge in [-0.15, -0.1) is 0 Å². The second kappa shape index (κ2) is 8.35. The lowest BCUT2D eigenvalue weighted by molar-refractivity contribution is 0.0662. The first kappa shape index (κ1) is 21.6. The molecule has 1 saturated heterocycles. The highest BCUT2D eigenvalue weighted by atomic mass is 32.2. The quantitative estimate of drug-likeness (QED) is 0.546. The van der Waals surface area contributed by atoms with E-state index in [0.29, 0.717) is 37.2 Å². The number of aromatic hydroxyl groups is 1. The van der Waals surface area contributed by atoms with Gasteiger partial charge in [0.15, 0.2) is 11.6 Å². The minimum absolute atomic E-state index is 0.138. The van der Waals surface area contributed by atoms with Crippen molar-refractivity contribution < 1.29 is 31.6 Å². The number of hydrogen-bond acceptors (Lipinski definition) is 5. The predicted octanol–water partition coefficient (Wildman–Crippen LogP) is 2.85. The van der Waals surface area contributed by atoms with Crippen molar-refractivity contribution in [2.24, 2.45) is 0 Å². The lowest BCUT2D eigenvalue weighted by atomic mass is 9.99. The van der Waals surface area contributed by atoms with Gasteiger partial charge in [0.1, 0.15) is 24.2 Å². The van der Waals surface area contributed by atoms with Gasteiger partial charge < -0.3 is 10.2 Å². The van der Waals surface area contributed by atoms with Gasteiger partial charge in [-0.25, -0.2) is 8.78 Å². The summed E-state index contributed by atoms with van der Waals surface area (Å²) < 4.78 is 55.8. The van der Waals surface area contributed by atoms with Gasteiger partial charge in [-0.2, -0.15) is 8.42 Å². The molecule has 1 unspecified atom stereocenters. The Bertz CT molecular complexity index is 975. The van der Waals surface area contributed by atoms with E-state index in [1.165, 1.54) is 24.3 Å². The molecule has 0 bridgehead atoms.